The summed E-state index contributed by atoms with van der Waals surface area (Å²) in [5, 5.41) is 11.0. The Balaban J connectivity index is 1.36. The lowest BCUT2D eigenvalue weighted by Crippen LogP contribution is -2.30. The first kappa shape index (κ1) is 24.7. The molecule has 1 fully saturated rings. The van der Waals surface area contributed by atoms with Crippen molar-refractivity contribution in [2.45, 2.75) is 18.0 Å². The van der Waals surface area contributed by atoms with Gasteiger partial charge >= 0.3 is 0 Å². The molecule has 37 heavy (non-hydrogen) atoms. The standard InChI is InChI=1S/C28H27N5O3S/c1-2-16-37-28-32-24-10-7-21(31-27(34)25-4-3-15-35-25)17-23(24)26(33-28)30-20-5-8-22(9-6-20)36-18-19-11-13-29-14-12-19/h1,3-10,15,17,19,29H,11-14,16,18H2,(H,31,34)(H,30,32,33). The SMILES string of the molecule is C#CCSc1nc(Nc2ccc(OCC3CCNCC3)cc2)c2cc(NC(=O)c3ccco3)ccc2n1. The Morgan fingerprint density at radius 2 is 1.95 bits per heavy atom. The van der Waals surface area contributed by atoms with E-state index in [0.29, 0.717) is 28.3 Å². The van der Waals surface area contributed by atoms with Crippen LogP contribution in [0.2, 0.25) is 0 Å². The lowest BCUT2D eigenvalue weighted by molar-refractivity contribution is 0.0996. The molecule has 1 saturated heterocycles. The normalized spacial score (nSPS) is 13.7. The highest BCUT2D eigenvalue weighted by Crippen LogP contribution is 2.30. The summed E-state index contributed by atoms with van der Waals surface area (Å²) < 4.78 is 11.2. The number of aromatic nitrogens is 2. The van der Waals surface area contributed by atoms with E-state index in [9.17, 15) is 4.79 Å². The van der Waals surface area contributed by atoms with Crippen LogP contribution in [0.15, 0.2) is 70.4 Å². The first-order valence-corrected chi connectivity index (χ1v) is 13.1. The molecule has 0 bridgehead atoms. The Hall–Kier alpha value is -4.00. The van der Waals surface area contributed by atoms with Gasteiger partial charge in [-0.1, -0.05) is 17.7 Å². The van der Waals surface area contributed by atoms with Gasteiger partial charge in [0.15, 0.2) is 10.9 Å². The van der Waals surface area contributed by atoms with E-state index < -0.39 is 0 Å². The van der Waals surface area contributed by atoms with E-state index in [4.69, 9.17) is 20.6 Å². The fourth-order valence-corrected chi connectivity index (χ4v) is 4.62. The number of piperidine rings is 1. The van der Waals surface area contributed by atoms with E-state index in [2.05, 4.69) is 26.9 Å². The van der Waals surface area contributed by atoms with E-state index in [-0.39, 0.29) is 11.7 Å². The number of hydrogen-bond donors (Lipinski definition) is 3. The Morgan fingerprint density at radius 3 is 2.70 bits per heavy atom. The Labute approximate surface area is 219 Å². The second kappa shape index (κ2) is 11.8. The van der Waals surface area contributed by atoms with Gasteiger partial charge in [0.05, 0.1) is 24.1 Å². The lowest BCUT2D eigenvalue weighted by Gasteiger charge is -2.22. The highest BCUT2D eigenvalue weighted by Gasteiger charge is 2.15. The van der Waals surface area contributed by atoms with Crippen LogP contribution in [0.5, 0.6) is 5.75 Å². The number of anilines is 3. The van der Waals surface area contributed by atoms with Gasteiger partial charge in [0, 0.05) is 16.8 Å². The average molecular weight is 514 g/mol. The first-order valence-electron chi connectivity index (χ1n) is 12.1. The lowest BCUT2D eigenvalue weighted by atomic mass is 9.99. The average Bonchev–Trinajstić information content (AvgIpc) is 3.48. The molecular formula is C28H27N5O3S. The van der Waals surface area contributed by atoms with Crippen molar-refractivity contribution in [3.63, 3.8) is 0 Å². The molecule has 0 saturated carbocycles. The van der Waals surface area contributed by atoms with Crippen molar-refractivity contribution in [3.8, 4) is 18.1 Å². The molecular weight excluding hydrogens is 486 g/mol. The topological polar surface area (TPSA) is 101 Å². The van der Waals surface area contributed by atoms with E-state index in [1.165, 1.54) is 18.0 Å². The number of hydrogen-bond acceptors (Lipinski definition) is 8. The van der Waals surface area contributed by atoms with Gasteiger partial charge in [-0.05, 0) is 86.4 Å². The highest BCUT2D eigenvalue weighted by molar-refractivity contribution is 7.99. The van der Waals surface area contributed by atoms with Crippen molar-refractivity contribution >= 4 is 45.8 Å². The minimum absolute atomic E-state index is 0.234. The summed E-state index contributed by atoms with van der Waals surface area (Å²) in [4.78, 5) is 21.8. The Bertz CT molecular complexity index is 1390. The van der Waals surface area contributed by atoms with Crippen molar-refractivity contribution in [2.24, 2.45) is 5.92 Å². The number of carbonyl (C=O) groups is 1. The maximum Gasteiger partial charge on any atom is 0.291 e. The van der Waals surface area contributed by atoms with Gasteiger partial charge in [0.25, 0.3) is 5.91 Å². The Morgan fingerprint density at radius 1 is 1.14 bits per heavy atom. The number of amides is 1. The van der Waals surface area contributed by atoms with Crippen LogP contribution in [0.4, 0.5) is 17.2 Å². The maximum absolute atomic E-state index is 12.5. The summed E-state index contributed by atoms with van der Waals surface area (Å²) in [6.45, 7) is 2.84. The third kappa shape index (κ3) is 6.42. The van der Waals surface area contributed by atoms with E-state index in [1.54, 1.807) is 18.2 Å². The largest absolute Gasteiger partial charge is 0.493 e. The number of carbonyl (C=O) groups excluding carboxylic acids is 1. The van der Waals surface area contributed by atoms with Crippen LogP contribution in [-0.4, -0.2) is 41.3 Å². The number of furan rings is 1. The van der Waals surface area contributed by atoms with Gasteiger partial charge in [-0.2, -0.15) is 0 Å². The van der Waals surface area contributed by atoms with Gasteiger partial charge in [-0.25, -0.2) is 9.97 Å². The first-order chi connectivity index (χ1) is 18.2. The summed E-state index contributed by atoms with van der Waals surface area (Å²) in [6.07, 6.45) is 9.19. The van der Waals surface area contributed by atoms with E-state index in [0.717, 1.165) is 54.9 Å². The number of ether oxygens (including phenoxy) is 1. The van der Waals surface area contributed by atoms with E-state index >= 15 is 0 Å². The molecule has 3 heterocycles. The number of nitrogens with one attached hydrogen (secondary N) is 3. The molecule has 3 N–H and O–H groups in total. The summed E-state index contributed by atoms with van der Waals surface area (Å²) in [6, 6.07) is 16.6. The zero-order valence-electron chi connectivity index (χ0n) is 20.2. The predicted molar refractivity (Wildman–Crippen MR) is 147 cm³/mol. The summed E-state index contributed by atoms with van der Waals surface area (Å²) >= 11 is 1.39. The number of rotatable bonds is 9. The molecule has 5 rings (SSSR count). The molecule has 4 aromatic rings. The molecule has 0 spiro atoms. The van der Waals surface area contributed by atoms with Gasteiger partial charge in [0.1, 0.15) is 11.6 Å². The van der Waals surface area contributed by atoms with Crippen LogP contribution in [0.3, 0.4) is 0 Å². The van der Waals surface area contributed by atoms with Crippen molar-refractivity contribution < 1.29 is 13.9 Å². The molecule has 0 radical (unpaired) electrons. The van der Waals surface area contributed by atoms with Crippen molar-refractivity contribution in [1.29, 1.82) is 0 Å². The van der Waals surface area contributed by atoms with Crippen molar-refractivity contribution in [3.05, 3.63) is 66.6 Å². The zero-order chi connectivity index (χ0) is 25.5. The molecule has 188 valence electrons. The second-order valence-corrected chi connectivity index (χ2v) is 9.61. The fraction of sp³-hybridized carbons (Fsp3) is 0.250. The molecule has 0 atom stereocenters. The molecule has 0 aliphatic carbocycles. The van der Waals surface area contributed by atoms with Crippen molar-refractivity contribution in [1.82, 2.24) is 15.3 Å². The molecule has 1 amide bonds. The molecule has 0 unspecified atom stereocenters. The van der Waals surface area contributed by atoms with Crippen LogP contribution in [0.25, 0.3) is 10.9 Å². The summed E-state index contributed by atoms with van der Waals surface area (Å²) in [7, 11) is 0. The molecule has 9 heteroatoms. The van der Waals surface area contributed by atoms with Crippen molar-refractivity contribution in [2.75, 3.05) is 36.1 Å². The van der Waals surface area contributed by atoms with Crippen LogP contribution in [0.1, 0.15) is 23.4 Å². The third-order valence-corrected chi connectivity index (χ3v) is 6.78. The van der Waals surface area contributed by atoms with Gasteiger partial charge in [-0.3, -0.25) is 4.79 Å². The number of benzene rings is 2. The highest BCUT2D eigenvalue weighted by atomic mass is 32.2. The van der Waals surface area contributed by atoms with Crippen LogP contribution >= 0.6 is 11.8 Å². The Kier molecular flexibility index (Phi) is 7.89. The van der Waals surface area contributed by atoms with Crippen LogP contribution in [0, 0.1) is 18.3 Å². The number of terminal acetylenes is 1. The minimum atomic E-state index is -0.332. The van der Waals surface area contributed by atoms with E-state index in [1.807, 2.05) is 36.4 Å². The monoisotopic (exact) mass is 513 g/mol. The van der Waals surface area contributed by atoms with Gasteiger partial charge in [-0.15, -0.1) is 6.42 Å². The van der Waals surface area contributed by atoms with Crippen LogP contribution < -0.4 is 20.7 Å². The van der Waals surface area contributed by atoms with Gasteiger partial charge in [0.2, 0.25) is 0 Å². The van der Waals surface area contributed by atoms with Gasteiger partial charge < -0.3 is 25.1 Å². The number of nitrogens with zero attached hydrogens (tertiary/aromatic N) is 2. The number of fused-ring (bicyclic) bond motifs is 1. The zero-order valence-corrected chi connectivity index (χ0v) is 21.0. The second-order valence-electron chi connectivity index (χ2n) is 8.66. The molecule has 1 aliphatic rings. The smallest absolute Gasteiger partial charge is 0.291 e. The molecule has 1 aliphatic heterocycles. The predicted octanol–water partition coefficient (Wildman–Crippen LogP) is 5.32. The maximum atomic E-state index is 12.5. The molecule has 8 nitrogen and oxygen atoms in total. The fourth-order valence-electron chi connectivity index (χ4n) is 4.09. The summed E-state index contributed by atoms with van der Waals surface area (Å²) in [5.74, 6) is 5.02. The summed E-state index contributed by atoms with van der Waals surface area (Å²) in [5.41, 5.74) is 2.19. The van der Waals surface area contributed by atoms with Crippen LogP contribution in [-0.2, 0) is 0 Å². The third-order valence-electron chi connectivity index (χ3n) is 6.02. The minimum Gasteiger partial charge on any atom is -0.493 e. The molecule has 2 aromatic heterocycles. The quantitative estimate of drug-likeness (QED) is 0.157. The molecule has 2 aromatic carbocycles. The number of thioether (sulfide) groups is 1.